The second-order valence-corrected chi connectivity index (χ2v) is 7.02. The maximum atomic E-state index is 13.1. The van der Waals surface area contributed by atoms with Crippen LogP contribution in [0.5, 0.6) is 5.75 Å². The van der Waals surface area contributed by atoms with Crippen LogP contribution in [-0.4, -0.2) is 45.1 Å². The van der Waals surface area contributed by atoms with E-state index in [1.54, 1.807) is 31.2 Å². The summed E-state index contributed by atoms with van der Waals surface area (Å²) in [5.41, 5.74) is 1.87. The summed E-state index contributed by atoms with van der Waals surface area (Å²) < 4.78 is 5.95. The van der Waals surface area contributed by atoms with Gasteiger partial charge in [0.15, 0.2) is 0 Å². The van der Waals surface area contributed by atoms with Crippen molar-refractivity contribution in [3.63, 3.8) is 0 Å². The molecule has 10 heteroatoms. The van der Waals surface area contributed by atoms with Gasteiger partial charge in [-0.1, -0.05) is 12.1 Å². The fourth-order valence-electron chi connectivity index (χ4n) is 3.20. The van der Waals surface area contributed by atoms with Crippen molar-refractivity contribution in [2.75, 3.05) is 13.7 Å². The Morgan fingerprint density at radius 2 is 1.84 bits per heavy atom. The number of non-ortho nitro benzene ring substituents is 1. The number of phenols is 1. The van der Waals surface area contributed by atoms with E-state index in [9.17, 15) is 24.8 Å². The number of rotatable bonds is 8. The third-order valence-electron chi connectivity index (χ3n) is 4.88. The topological polar surface area (TPSA) is 140 Å². The predicted molar refractivity (Wildman–Crippen MR) is 118 cm³/mol. The first-order chi connectivity index (χ1) is 15.3. The highest BCUT2D eigenvalue weighted by Crippen LogP contribution is 2.16. The number of H-pyrrole nitrogens is 1. The van der Waals surface area contributed by atoms with Gasteiger partial charge in [-0.15, -0.1) is 0 Å². The van der Waals surface area contributed by atoms with Crippen LogP contribution in [0.25, 0.3) is 5.69 Å². The van der Waals surface area contributed by atoms with Crippen molar-refractivity contribution in [2.45, 2.75) is 19.8 Å². The number of benzene rings is 2. The summed E-state index contributed by atoms with van der Waals surface area (Å²) in [6, 6.07) is 12.2. The molecule has 166 valence electrons. The minimum absolute atomic E-state index is 0.102. The summed E-state index contributed by atoms with van der Waals surface area (Å²) in [5.74, 6) is -0.347. The number of phenolic OH excluding ortho intramolecular Hbond substituents is 1. The van der Waals surface area contributed by atoms with E-state index in [1.165, 1.54) is 36.1 Å². The van der Waals surface area contributed by atoms with Gasteiger partial charge in [0.1, 0.15) is 5.75 Å². The van der Waals surface area contributed by atoms with Gasteiger partial charge in [0.05, 0.1) is 35.4 Å². The fraction of sp³-hybridized carbons (Fsp3) is 0.227. The Labute approximate surface area is 182 Å². The molecule has 3 aromatic rings. The zero-order chi connectivity index (χ0) is 23.3. The molecule has 0 atom stereocenters. The maximum absolute atomic E-state index is 13.1. The number of aromatic amines is 1. The average Bonchev–Trinajstić information content (AvgIpc) is 3.10. The number of ether oxygens (including phenoxy) is 1. The third kappa shape index (κ3) is 5.09. The number of nitrogens with zero attached hydrogens (tertiary/aromatic N) is 3. The standard InChI is InChI=1S/C22H22N4O6/c1-14(23-12-11-15-3-9-18(27)10-4-15)21-19(13-20(28)32-2)24-25(22(21)29)16-5-7-17(8-6-16)26(30)31/h3-10,24,27H,11-13H2,1-2H3. The number of nitrogens with one attached hydrogen (secondary N) is 1. The smallest absolute Gasteiger partial charge is 0.311 e. The summed E-state index contributed by atoms with van der Waals surface area (Å²) in [4.78, 5) is 39.8. The number of methoxy groups -OCH3 is 1. The molecule has 0 aliphatic carbocycles. The van der Waals surface area contributed by atoms with E-state index in [1.807, 2.05) is 0 Å². The summed E-state index contributed by atoms with van der Waals surface area (Å²) in [7, 11) is 1.26. The Balaban J connectivity index is 1.93. The lowest BCUT2D eigenvalue weighted by Gasteiger charge is -2.03. The quantitative estimate of drug-likeness (QED) is 0.240. The zero-order valence-corrected chi connectivity index (χ0v) is 17.6. The van der Waals surface area contributed by atoms with Gasteiger partial charge in [0, 0.05) is 24.4 Å². The molecule has 2 aromatic carbocycles. The van der Waals surface area contributed by atoms with Crippen molar-refractivity contribution >= 4 is 17.4 Å². The first-order valence-electron chi connectivity index (χ1n) is 9.75. The molecule has 0 aliphatic rings. The van der Waals surface area contributed by atoms with E-state index >= 15 is 0 Å². The third-order valence-corrected chi connectivity index (χ3v) is 4.88. The number of nitro benzene ring substituents is 1. The average molecular weight is 438 g/mol. The molecule has 0 aliphatic heterocycles. The van der Waals surface area contributed by atoms with E-state index in [-0.39, 0.29) is 23.4 Å². The van der Waals surface area contributed by atoms with E-state index in [0.717, 1.165) is 5.56 Å². The van der Waals surface area contributed by atoms with Gasteiger partial charge in [0.2, 0.25) is 0 Å². The van der Waals surface area contributed by atoms with Crippen LogP contribution in [0.4, 0.5) is 5.69 Å². The van der Waals surface area contributed by atoms with Crippen LogP contribution < -0.4 is 5.56 Å². The monoisotopic (exact) mass is 438 g/mol. The van der Waals surface area contributed by atoms with Gasteiger partial charge in [0.25, 0.3) is 11.2 Å². The second-order valence-electron chi connectivity index (χ2n) is 7.02. The summed E-state index contributed by atoms with van der Waals surface area (Å²) in [6.45, 7) is 2.08. The van der Waals surface area contributed by atoms with Gasteiger partial charge < -0.3 is 9.84 Å². The minimum atomic E-state index is -0.528. The molecule has 32 heavy (non-hydrogen) atoms. The summed E-state index contributed by atoms with van der Waals surface area (Å²) in [6.07, 6.45) is 0.441. The SMILES string of the molecule is COC(=O)Cc1[nH]n(-c2ccc([N+](=O)[O-])cc2)c(=O)c1C(C)=NCCc1ccc(O)cc1. The van der Waals surface area contributed by atoms with Gasteiger partial charge in [-0.25, -0.2) is 4.68 Å². The Hall–Kier alpha value is -4.21. The lowest BCUT2D eigenvalue weighted by Crippen LogP contribution is -2.20. The number of hydrogen-bond donors (Lipinski definition) is 2. The number of carbonyl (C=O) groups is 1. The molecule has 0 amide bonds. The van der Waals surface area contributed by atoms with Crippen LogP contribution in [0.15, 0.2) is 58.3 Å². The molecule has 1 heterocycles. The van der Waals surface area contributed by atoms with Gasteiger partial charge in [-0.05, 0) is 43.2 Å². The molecule has 0 radical (unpaired) electrons. The zero-order valence-electron chi connectivity index (χ0n) is 17.6. The largest absolute Gasteiger partial charge is 0.508 e. The minimum Gasteiger partial charge on any atom is -0.508 e. The number of aliphatic imine (C=N–C) groups is 1. The van der Waals surface area contributed by atoms with Gasteiger partial charge >= 0.3 is 5.97 Å². The normalized spacial score (nSPS) is 11.4. The Bertz CT molecular complexity index is 1210. The molecular formula is C22H22N4O6. The van der Waals surface area contributed by atoms with Crippen LogP contribution in [0.2, 0.25) is 0 Å². The van der Waals surface area contributed by atoms with Crippen LogP contribution in [-0.2, 0) is 22.4 Å². The molecule has 1 aromatic heterocycles. The van der Waals surface area contributed by atoms with Gasteiger partial charge in [-0.3, -0.25) is 29.8 Å². The summed E-state index contributed by atoms with van der Waals surface area (Å²) >= 11 is 0. The van der Waals surface area contributed by atoms with Crippen molar-refractivity contribution in [1.29, 1.82) is 0 Å². The highest BCUT2D eigenvalue weighted by Gasteiger charge is 2.20. The van der Waals surface area contributed by atoms with Crippen LogP contribution in [0.3, 0.4) is 0 Å². The number of aromatic nitrogens is 2. The molecule has 0 fully saturated rings. The van der Waals surface area contributed by atoms with E-state index in [2.05, 4.69) is 10.1 Å². The van der Waals surface area contributed by atoms with Crippen molar-refractivity contribution in [3.05, 3.63) is 85.8 Å². The van der Waals surface area contributed by atoms with Crippen molar-refractivity contribution in [1.82, 2.24) is 9.78 Å². The van der Waals surface area contributed by atoms with Crippen molar-refractivity contribution < 1.29 is 19.6 Å². The Kier molecular flexibility index (Phi) is 6.83. The van der Waals surface area contributed by atoms with E-state index in [4.69, 9.17) is 4.74 Å². The summed E-state index contributed by atoms with van der Waals surface area (Å²) in [5, 5.41) is 23.2. The molecule has 0 unspecified atom stereocenters. The van der Waals surface area contributed by atoms with Crippen LogP contribution >= 0.6 is 0 Å². The molecule has 3 rings (SSSR count). The number of carbonyl (C=O) groups excluding carboxylic acids is 1. The molecule has 2 N–H and O–H groups in total. The second kappa shape index (κ2) is 9.73. The number of esters is 1. The number of hydrogen-bond acceptors (Lipinski definition) is 7. The van der Waals surface area contributed by atoms with Crippen molar-refractivity contribution in [3.8, 4) is 11.4 Å². The molecule has 0 spiro atoms. The van der Waals surface area contributed by atoms with Crippen LogP contribution in [0.1, 0.15) is 23.7 Å². The first-order valence-corrected chi connectivity index (χ1v) is 9.75. The number of aromatic hydroxyl groups is 1. The lowest BCUT2D eigenvalue weighted by molar-refractivity contribution is -0.384. The number of nitro groups is 1. The van der Waals surface area contributed by atoms with Crippen molar-refractivity contribution in [2.24, 2.45) is 4.99 Å². The van der Waals surface area contributed by atoms with E-state index < -0.39 is 16.5 Å². The fourth-order valence-corrected chi connectivity index (χ4v) is 3.20. The van der Waals surface area contributed by atoms with E-state index in [0.29, 0.717) is 30.1 Å². The molecular weight excluding hydrogens is 416 g/mol. The molecule has 0 saturated heterocycles. The predicted octanol–water partition coefficient (Wildman–Crippen LogP) is 2.55. The van der Waals surface area contributed by atoms with Gasteiger partial charge in [-0.2, -0.15) is 0 Å². The highest BCUT2D eigenvalue weighted by atomic mass is 16.6. The molecule has 0 bridgehead atoms. The molecule has 10 nitrogen and oxygen atoms in total. The maximum Gasteiger partial charge on any atom is 0.311 e. The Morgan fingerprint density at radius 3 is 2.44 bits per heavy atom. The van der Waals surface area contributed by atoms with Crippen LogP contribution in [0, 0.1) is 10.1 Å². The lowest BCUT2D eigenvalue weighted by atomic mass is 10.1. The Morgan fingerprint density at radius 1 is 1.19 bits per heavy atom. The highest BCUT2D eigenvalue weighted by molar-refractivity contribution is 6.00. The first kappa shape index (κ1) is 22.5. The molecule has 0 saturated carbocycles.